The number of ketones is 1. The number of amides is 4. The van der Waals surface area contributed by atoms with Gasteiger partial charge in [0.15, 0.2) is 6.29 Å². The number of Topliss-reactive ketones (excluding diaryl/α,β-unsaturated/α-hetero) is 1. The average molecular weight is 628 g/mol. The van der Waals surface area contributed by atoms with Crippen molar-refractivity contribution in [2.75, 3.05) is 13.6 Å². The Labute approximate surface area is 270 Å². The number of nitrogens with one attached hydrogen (secondary N) is 3. The number of benzene rings is 1. The lowest BCUT2D eigenvalue weighted by atomic mass is 9.93. The Kier molecular flexibility index (Phi) is 16.8. The van der Waals surface area contributed by atoms with Crippen LogP contribution in [0.5, 0.6) is 0 Å². The van der Waals surface area contributed by atoms with E-state index in [0.717, 1.165) is 44.9 Å². The number of unbranched alkanes of at least 4 members (excludes halogenated alkanes) is 1. The van der Waals surface area contributed by atoms with E-state index >= 15 is 0 Å². The highest BCUT2D eigenvalue weighted by molar-refractivity contribution is 6.28. The van der Waals surface area contributed by atoms with Gasteiger partial charge in [-0.05, 0) is 81.4 Å². The number of likely N-dealkylation sites (tertiary alicyclic amines) is 1. The van der Waals surface area contributed by atoms with Gasteiger partial charge in [0.2, 0.25) is 17.6 Å². The molecule has 0 bridgehead atoms. The number of rotatable bonds is 17. The molecule has 0 spiro atoms. The van der Waals surface area contributed by atoms with Crippen molar-refractivity contribution in [1.82, 2.24) is 20.9 Å². The molecular weight excluding hydrogens is 570 g/mol. The number of hydrogen-bond donors (Lipinski definition) is 4. The molecule has 10 nitrogen and oxygen atoms in total. The molecule has 1 fully saturated rings. The predicted molar refractivity (Wildman–Crippen MR) is 178 cm³/mol. The predicted octanol–water partition coefficient (Wildman–Crippen LogP) is 4.07. The Bertz CT molecular complexity index is 1080. The molecule has 1 saturated heterocycles. The van der Waals surface area contributed by atoms with Gasteiger partial charge in [-0.15, -0.1) is 0 Å². The largest absolute Gasteiger partial charge is 0.344 e. The van der Waals surface area contributed by atoms with Crippen molar-refractivity contribution in [3.05, 3.63) is 35.4 Å². The van der Waals surface area contributed by atoms with E-state index in [-0.39, 0.29) is 30.2 Å². The lowest BCUT2D eigenvalue weighted by Crippen LogP contribution is -2.59. The molecule has 10 heteroatoms. The molecule has 252 valence electrons. The molecule has 0 saturated carbocycles. The summed E-state index contributed by atoms with van der Waals surface area (Å²) in [5.41, 5.74) is 6.84. The molecule has 0 aromatic heterocycles. The average Bonchev–Trinajstić information content (AvgIpc) is 3.73. The number of nitrogens with zero attached hydrogens (tertiary/aromatic N) is 1. The summed E-state index contributed by atoms with van der Waals surface area (Å²) >= 11 is 0. The fraction of sp³-hybridized carbons (Fsp3) is 0.686. The first kappa shape index (κ1) is 37.9. The van der Waals surface area contributed by atoms with Crippen LogP contribution in [-0.4, -0.2) is 72.6 Å². The van der Waals surface area contributed by atoms with Crippen LogP contribution >= 0.6 is 0 Å². The second-order valence-electron chi connectivity index (χ2n) is 12.3. The minimum atomic E-state index is -0.902. The standard InChI is InChI=1S/C34H52N4O5.CH5N/c1-5-9-15-27(8-4)35-34(43)37-31(26-20-24-13-10-11-14-25(24)21-26)33(42)38-19-12-16-29(38)32(41)36-28(30(40)22-39)18-17-23(6-2)7-3;1-2/h10-11,13-14,22-23,26-29,31H,5-9,12,15-21H2,1-4H3,(H,36,41)(H2,35,37,43);2H2,1H3. The van der Waals surface area contributed by atoms with Crippen LogP contribution < -0.4 is 21.7 Å². The Morgan fingerprint density at radius 3 is 2.11 bits per heavy atom. The number of nitrogens with two attached hydrogens (primary N) is 1. The summed E-state index contributed by atoms with van der Waals surface area (Å²) in [5, 5.41) is 8.88. The zero-order chi connectivity index (χ0) is 33.4. The highest BCUT2D eigenvalue weighted by atomic mass is 16.2. The van der Waals surface area contributed by atoms with Gasteiger partial charge in [-0.3, -0.25) is 19.2 Å². The van der Waals surface area contributed by atoms with Gasteiger partial charge in [-0.25, -0.2) is 4.79 Å². The highest BCUT2D eigenvalue weighted by Gasteiger charge is 2.42. The van der Waals surface area contributed by atoms with Gasteiger partial charge in [0, 0.05) is 12.6 Å². The zero-order valence-electron chi connectivity index (χ0n) is 28.1. The Morgan fingerprint density at radius 1 is 0.911 bits per heavy atom. The van der Waals surface area contributed by atoms with Crippen molar-refractivity contribution < 1.29 is 24.0 Å². The maximum atomic E-state index is 14.2. The normalized spacial score (nSPS) is 17.8. The van der Waals surface area contributed by atoms with Crippen LogP contribution in [0, 0.1) is 11.8 Å². The SMILES string of the molecule is CCCCC(CC)NC(=O)NC(C(=O)N1CCCC1C(=O)NC(CCC(CC)CC)C(=O)C=O)C1Cc2ccccc2C1.CN. The number of carbonyl (C=O) groups is 5. The molecule has 5 N–H and O–H groups in total. The van der Waals surface area contributed by atoms with Crippen LogP contribution in [0.1, 0.15) is 103 Å². The van der Waals surface area contributed by atoms with Crippen molar-refractivity contribution in [2.45, 2.75) is 129 Å². The van der Waals surface area contributed by atoms with Gasteiger partial charge in [-0.1, -0.05) is 77.6 Å². The molecule has 1 aliphatic heterocycles. The van der Waals surface area contributed by atoms with Crippen LogP contribution in [0.15, 0.2) is 24.3 Å². The molecular formula is C35H57N5O5. The summed E-state index contributed by atoms with van der Waals surface area (Å²) in [7, 11) is 1.50. The molecule has 1 aromatic carbocycles. The van der Waals surface area contributed by atoms with Gasteiger partial charge in [-0.2, -0.15) is 0 Å². The van der Waals surface area contributed by atoms with Crippen molar-refractivity contribution in [1.29, 1.82) is 0 Å². The third kappa shape index (κ3) is 10.9. The van der Waals surface area contributed by atoms with E-state index in [0.29, 0.717) is 44.6 Å². The maximum absolute atomic E-state index is 14.2. The third-order valence-electron chi connectivity index (χ3n) is 9.47. The van der Waals surface area contributed by atoms with Gasteiger partial charge in [0.25, 0.3) is 0 Å². The summed E-state index contributed by atoms with van der Waals surface area (Å²) < 4.78 is 0. The van der Waals surface area contributed by atoms with E-state index in [1.165, 1.54) is 18.2 Å². The number of urea groups is 1. The molecule has 0 radical (unpaired) electrons. The number of carbonyl (C=O) groups excluding carboxylic acids is 5. The molecule has 2 aliphatic rings. The fourth-order valence-corrected chi connectivity index (χ4v) is 6.62. The van der Waals surface area contributed by atoms with Crippen molar-refractivity contribution in [3.8, 4) is 0 Å². The Morgan fingerprint density at radius 2 is 1.56 bits per heavy atom. The van der Waals surface area contributed by atoms with E-state index in [1.54, 1.807) is 4.90 Å². The monoisotopic (exact) mass is 627 g/mol. The molecule has 4 amide bonds. The molecule has 3 rings (SSSR count). The fourth-order valence-electron chi connectivity index (χ4n) is 6.62. The molecule has 4 unspecified atom stereocenters. The minimum absolute atomic E-state index is 0.0223. The van der Waals surface area contributed by atoms with E-state index in [2.05, 4.69) is 54.6 Å². The first-order valence-electron chi connectivity index (χ1n) is 17.1. The minimum Gasteiger partial charge on any atom is -0.344 e. The topological polar surface area (TPSA) is 151 Å². The number of fused-ring (bicyclic) bond motifs is 1. The maximum Gasteiger partial charge on any atom is 0.315 e. The quantitative estimate of drug-likeness (QED) is 0.151. The molecule has 4 atom stereocenters. The number of hydrogen-bond acceptors (Lipinski definition) is 6. The van der Waals surface area contributed by atoms with Crippen molar-refractivity contribution >= 4 is 29.9 Å². The lowest BCUT2D eigenvalue weighted by molar-refractivity contribution is -0.142. The van der Waals surface area contributed by atoms with Gasteiger partial charge >= 0.3 is 6.03 Å². The van der Waals surface area contributed by atoms with Gasteiger partial charge < -0.3 is 26.6 Å². The molecule has 1 aliphatic carbocycles. The third-order valence-corrected chi connectivity index (χ3v) is 9.47. The van der Waals surface area contributed by atoms with Gasteiger partial charge in [0.1, 0.15) is 12.1 Å². The van der Waals surface area contributed by atoms with Crippen LogP contribution in [0.4, 0.5) is 4.79 Å². The molecule has 1 aromatic rings. The first-order chi connectivity index (χ1) is 21.8. The summed E-state index contributed by atoms with van der Waals surface area (Å²) in [6.07, 6.45) is 9.46. The Balaban J connectivity index is 0.00000345. The molecule has 45 heavy (non-hydrogen) atoms. The highest BCUT2D eigenvalue weighted by Crippen LogP contribution is 2.31. The van der Waals surface area contributed by atoms with E-state index in [4.69, 9.17) is 0 Å². The zero-order valence-corrected chi connectivity index (χ0v) is 28.1. The van der Waals surface area contributed by atoms with Crippen LogP contribution in [0.2, 0.25) is 0 Å². The van der Waals surface area contributed by atoms with E-state index in [1.807, 2.05) is 19.1 Å². The first-order valence-corrected chi connectivity index (χ1v) is 17.1. The number of aldehydes is 1. The van der Waals surface area contributed by atoms with Crippen LogP contribution in [-0.2, 0) is 32.0 Å². The molecule has 1 heterocycles. The van der Waals surface area contributed by atoms with Crippen LogP contribution in [0.3, 0.4) is 0 Å². The summed E-state index contributed by atoms with van der Waals surface area (Å²) in [6.45, 7) is 8.73. The lowest BCUT2D eigenvalue weighted by Gasteiger charge is -2.32. The van der Waals surface area contributed by atoms with Gasteiger partial charge in [0.05, 0.1) is 6.04 Å². The van der Waals surface area contributed by atoms with Crippen LogP contribution in [0.25, 0.3) is 0 Å². The second kappa shape index (κ2) is 20.0. The van der Waals surface area contributed by atoms with Crippen molar-refractivity contribution in [2.24, 2.45) is 17.6 Å². The van der Waals surface area contributed by atoms with Crippen molar-refractivity contribution in [3.63, 3.8) is 0 Å². The Hall–Kier alpha value is -3.27. The summed E-state index contributed by atoms with van der Waals surface area (Å²) in [4.78, 5) is 66.4. The van der Waals surface area contributed by atoms with E-state index in [9.17, 15) is 24.0 Å². The second-order valence-corrected chi connectivity index (χ2v) is 12.3. The smallest absolute Gasteiger partial charge is 0.315 e. The summed E-state index contributed by atoms with van der Waals surface area (Å²) in [6, 6.07) is 5.29. The summed E-state index contributed by atoms with van der Waals surface area (Å²) in [5.74, 6) is -1.07. The van der Waals surface area contributed by atoms with E-state index < -0.39 is 29.8 Å².